The van der Waals surface area contributed by atoms with Gasteiger partial charge in [-0.05, 0) is 66.2 Å². The molecule has 168 valence electrons. The van der Waals surface area contributed by atoms with E-state index in [9.17, 15) is 9.59 Å². The Kier molecular flexibility index (Phi) is 7.10. The molecule has 1 aromatic heterocycles. The molecule has 2 atom stereocenters. The second-order valence-corrected chi connectivity index (χ2v) is 10.7. The maximum Gasteiger partial charge on any atom is 0.262 e. The molecule has 0 spiro atoms. The van der Waals surface area contributed by atoms with Crippen LogP contribution in [0.2, 0.25) is 0 Å². The molecule has 2 amide bonds. The van der Waals surface area contributed by atoms with Crippen LogP contribution >= 0.6 is 11.3 Å². The third-order valence-corrected chi connectivity index (χ3v) is 7.59. The normalized spacial score (nSPS) is 17.0. The molecule has 2 aromatic rings. The summed E-state index contributed by atoms with van der Waals surface area (Å²) in [7, 11) is 0. The molecular weight excluding hydrogens is 408 g/mol. The molecule has 1 heterocycles. The lowest BCUT2D eigenvalue weighted by Crippen LogP contribution is -2.27. The highest BCUT2D eigenvalue weighted by Crippen LogP contribution is 2.44. The minimum atomic E-state index is -0.483. The molecule has 0 bridgehead atoms. The maximum absolute atomic E-state index is 12.5. The summed E-state index contributed by atoms with van der Waals surface area (Å²) < 4.78 is 5.65. The van der Waals surface area contributed by atoms with E-state index in [0.717, 1.165) is 36.1 Å². The number of hydrogen-bond acceptors (Lipinski definition) is 4. The minimum Gasteiger partial charge on any atom is -0.484 e. The van der Waals surface area contributed by atoms with Gasteiger partial charge in [-0.3, -0.25) is 9.59 Å². The number of primary amides is 1. The lowest BCUT2D eigenvalue weighted by atomic mass is 9.72. The lowest BCUT2D eigenvalue weighted by molar-refractivity contribution is -0.118. The van der Waals surface area contributed by atoms with Gasteiger partial charge in [0.1, 0.15) is 10.8 Å². The average molecular weight is 443 g/mol. The third kappa shape index (κ3) is 5.48. The van der Waals surface area contributed by atoms with Crippen LogP contribution in [-0.4, -0.2) is 18.4 Å². The number of thiophene rings is 1. The van der Waals surface area contributed by atoms with Crippen LogP contribution < -0.4 is 15.8 Å². The van der Waals surface area contributed by atoms with Crippen LogP contribution in [0.25, 0.3) is 0 Å². The van der Waals surface area contributed by atoms with Gasteiger partial charge in [-0.15, -0.1) is 11.3 Å². The monoisotopic (exact) mass is 442 g/mol. The molecule has 6 heteroatoms. The first-order chi connectivity index (χ1) is 14.6. The molecule has 5 nitrogen and oxygen atoms in total. The number of benzene rings is 1. The smallest absolute Gasteiger partial charge is 0.262 e. The summed E-state index contributed by atoms with van der Waals surface area (Å²) >= 11 is 1.48. The fourth-order valence-electron chi connectivity index (χ4n) is 4.11. The highest BCUT2D eigenvalue weighted by Gasteiger charge is 2.33. The molecule has 0 saturated heterocycles. The largest absolute Gasteiger partial charge is 0.484 e. The molecule has 1 aliphatic carbocycles. The number of rotatable bonds is 7. The van der Waals surface area contributed by atoms with Crippen molar-refractivity contribution in [3.8, 4) is 5.75 Å². The Morgan fingerprint density at radius 1 is 1.26 bits per heavy atom. The number of anilines is 1. The molecule has 3 N–H and O–H groups in total. The van der Waals surface area contributed by atoms with Crippen LogP contribution in [0.4, 0.5) is 5.00 Å². The van der Waals surface area contributed by atoms with Gasteiger partial charge in [0.05, 0.1) is 5.56 Å². The molecule has 3 rings (SSSR count). The van der Waals surface area contributed by atoms with Crippen LogP contribution in [0.5, 0.6) is 5.75 Å². The molecule has 0 radical (unpaired) electrons. The van der Waals surface area contributed by atoms with Crippen LogP contribution in [-0.2, 0) is 17.6 Å². The topological polar surface area (TPSA) is 81.4 Å². The van der Waals surface area contributed by atoms with Gasteiger partial charge in [-0.2, -0.15) is 0 Å². The van der Waals surface area contributed by atoms with Crippen molar-refractivity contribution in [2.75, 3.05) is 11.9 Å². The standard InChI is InChI=1S/C25H34N2O3S/c1-6-15(2)16-7-10-18(11-8-16)30-14-21(28)27-24-22(23(26)29)19-12-9-17(25(3,4)5)13-20(19)31-24/h7-8,10-11,15,17H,6,9,12-14H2,1-5H3,(H2,26,29)(H,27,28)/t15-,17-/m1/s1. The number of fused-ring (bicyclic) bond motifs is 1. The van der Waals surface area contributed by atoms with Crippen molar-refractivity contribution in [1.29, 1.82) is 0 Å². The van der Waals surface area contributed by atoms with E-state index in [2.05, 4.69) is 39.9 Å². The number of nitrogens with two attached hydrogens (primary N) is 1. The Balaban J connectivity index is 1.67. The van der Waals surface area contributed by atoms with Crippen molar-refractivity contribution >= 4 is 28.2 Å². The van der Waals surface area contributed by atoms with Gasteiger partial charge >= 0.3 is 0 Å². The van der Waals surface area contributed by atoms with Crippen molar-refractivity contribution < 1.29 is 14.3 Å². The predicted octanol–water partition coefficient (Wildman–Crippen LogP) is 5.53. The fourth-order valence-corrected chi connectivity index (χ4v) is 5.46. The summed E-state index contributed by atoms with van der Waals surface area (Å²) in [6.07, 6.45) is 3.84. The van der Waals surface area contributed by atoms with E-state index in [1.807, 2.05) is 24.3 Å². The van der Waals surface area contributed by atoms with E-state index < -0.39 is 5.91 Å². The van der Waals surface area contributed by atoms with E-state index in [4.69, 9.17) is 10.5 Å². The Morgan fingerprint density at radius 3 is 2.52 bits per heavy atom. The van der Waals surface area contributed by atoms with Gasteiger partial charge < -0.3 is 15.8 Å². The highest BCUT2D eigenvalue weighted by molar-refractivity contribution is 7.17. The highest BCUT2D eigenvalue weighted by atomic mass is 32.1. The summed E-state index contributed by atoms with van der Waals surface area (Å²) in [6, 6.07) is 7.84. The Bertz CT molecular complexity index is 941. The van der Waals surface area contributed by atoms with Crippen molar-refractivity contribution in [2.45, 2.75) is 66.2 Å². The van der Waals surface area contributed by atoms with E-state index in [1.54, 1.807) is 0 Å². The van der Waals surface area contributed by atoms with Crippen LogP contribution in [0.15, 0.2) is 24.3 Å². The first-order valence-corrected chi connectivity index (χ1v) is 11.9. The lowest BCUT2D eigenvalue weighted by Gasteiger charge is -2.33. The zero-order valence-corrected chi connectivity index (χ0v) is 20.0. The van der Waals surface area contributed by atoms with E-state index in [-0.39, 0.29) is 17.9 Å². The third-order valence-electron chi connectivity index (χ3n) is 6.42. The fraction of sp³-hybridized carbons (Fsp3) is 0.520. The number of ether oxygens (including phenoxy) is 1. The number of carbonyl (C=O) groups is 2. The summed E-state index contributed by atoms with van der Waals surface area (Å²) in [5.41, 5.74) is 8.62. The maximum atomic E-state index is 12.5. The van der Waals surface area contributed by atoms with E-state index in [0.29, 0.717) is 28.1 Å². The Labute approximate surface area is 189 Å². The van der Waals surface area contributed by atoms with Crippen LogP contribution in [0, 0.1) is 11.3 Å². The summed E-state index contributed by atoms with van der Waals surface area (Å²) in [5.74, 6) is 0.913. The van der Waals surface area contributed by atoms with E-state index >= 15 is 0 Å². The molecule has 0 unspecified atom stereocenters. The molecule has 0 aliphatic heterocycles. The van der Waals surface area contributed by atoms with Gasteiger partial charge in [-0.25, -0.2) is 0 Å². The molecule has 1 aliphatic rings. The van der Waals surface area contributed by atoms with Crippen molar-refractivity contribution in [3.05, 3.63) is 45.8 Å². The zero-order chi connectivity index (χ0) is 22.8. The molecule has 0 fully saturated rings. The second-order valence-electron chi connectivity index (χ2n) is 9.59. The van der Waals surface area contributed by atoms with Gasteiger partial charge in [0.2, 0.25) is 0 Å². The van der Waals surface area contributed by atoms with Crippen molar-refractivity contribution in [3.63, 3.8) is 0 Å². The van der Waals surface area contributed by atoms with Gasteiger partial charge in [0, 0.05) is 4.88 Å². The van der Waals surface area contributed by atoms with Crippen molar-refractivity contribution in [1.82, 2.24) is 0 Å². The quantitative estimate of drug-likeness (QED) is 0.591. The summed E-state index contributed by atoms with van der Waals surface area (Å²) in [4.78, 5) is 25.9. The Hall–Kier alpha value is -2.34. The second kappa shape index (κ2) is 9.43. The molecule has 0 saturated carbocycles. The predicted molar refractivity (Wildman–Crippen MR) is 127 cm³/mol. The van der Waals surface area contributed by atoms with Crippen LogP contribution in [0.1, 0.15) is 79.7 Å². The number of amides is 2. The number of hydrogen-bond donors (Lipinski definition) is 2. The van der Waals surface area contributed by atoms with Gasteiger partial charge in [0.15, 0.2) is 6.61 Å². The first kappa shape index (κ1) is 23.3. The van der Waals surface area contributed by atoms with Gasteiger partial charge in [-0.1, -0.05) is 46.8 Å². The minimum absolute atomic E-state index is 0.117. The Morgan fingerprint density at radius 2 is 1.94 bits per heavy atom. The first-order valence-electron chi connectivity index (χ1n) is 11.1. The van der Waals surface area contributed by atoms with Crippen molar-refractivity contribution in [2.24, 2.45) is 17.1 Å². The van der Waals surface area contributed by atoms with Gasteiger partial charge in [0.25, 0.3) is 11.8 Å². The number of carbonyl (C=O) groups excluding carboxylic acids is 2. The zero-order valence-electron chi connectivity index (χ0n) is 19.2. The number of nitrogens with one attached hydrogen (secondary N) is 1. The van der Waals surface area contributed by atoms with E-state index in [1.165, 1.54) is 16.9 Å². The SMILES string of the molecule is CC[C@@H](C)c1ccc(OCC(=O)Nc2sc3c(c2C(N)=O)CC[C@@H](C(C)(C)C)C3)cc1. The summed E-state index contributed by atoms with van der Waals surface area (Å²) in [5, 5.41) is 3.41. The molecular formula is C25H34N2O3S. The summed E-state index contributed by atoms with van der Waals surface area (Å²) in [6.45, 7) is 11.0. The average Bonchev–Trinajstić information content (AvgIpc) is 3.08. The van der Waals surface area contributed by atoms with Crippen LogP contribution in [0.3, 0.4) is 0 Å². The molecule has 1 aromatic carbocycles. The molecule has 31 heavy (non-hydrogen) atoms.